The molecule has 0 unspecified atom stereocenters. The molecule has 0 aromatic heterocycles. The number of imide groups is 1. The molecule has 2 aliphatic rings. The first-order chi connectivity index (χ1) is 12.9. The van der Waals surface area contributed by atoms with Crippen molar-refractivity contribution in [1.29, 1.82) is 0 Å². The van der Waals surface area contributed by atoms with Crippen LogP contribution in [0.3, 0.4) is 0 Å². The summed E-state index contributed by atoms with van der Waals surface area (Å²) in [7, 11) is 0. The Kier molecular flexibility index (Phi) is 5.65. The Hall–Kier alpha value is -2.61. The van der Waals surface area contributed by atoms with E-state index in [9.17, 15) is 14.4 Å². The summed E-state index contributed by atoms with van der Waals surface area (Å²) in [6.45, 7) is 6.76. The minimum atomic E-state index is -0.873. The van der Waals surface area contributed by atoms with Crippen molar-refractivity contribution < 1.29 is 19.1 Å². The largest absolute Gasteiger partial charge is 0.378 e. The van der Waals surface area contributed by atoms with Crippen LogP contribution in [-0.4, -0.2) is 61.1 Å². The minimum Gasteiger partial charge on any atom is -0.378 e. The Morgan fingerprint density at radius 3 is 2.44 bits per heavy atom. The molecule has 0 aliphatic carbocycles. The van der Waals surface area contributed by atoms with Gasteiger partial charge >= 0.3 is 6.03 Å². The van der Waals surface area contributed by atoms with E-state index >= 15 is 0 Å². The maximum absolute atomic E-state index is 12.1. The van der Waals surface area contributed by atoms with E-state index in [0.29, 0.717) is 6.42 Å². The zero-order valence-electron chi connectivity index (χ0n) is 15.8. The Morgan fingerprint density at radius 1 is 1.19 bits per heavy atom. The van der Waals surface area contributed by atoms with Gasteiger partial charge in [-0.15, -0.1) is 0 Å². The first-order valence-corrected chi connectivity index (χ1v) is 9.23. The van der Waals surface area contributed by atoms with Gasteiger partial charge in [-0.05, 0) is 44.5 Å². The number of carbonyl (C=O) groups is 3. The lowest BCUT2D eigenvalue weighted by Gasteiger charge is -2.28. The zero-order chi connectivity index (χ0) is 19.4. The molecule has 1 aromatic rings. The van der Waals surface area contributed by atoms with Crippen molar-refractivity contribution in [3.05, 3.63) is 24.3 Å². The van der Waals surface area contributed by atoms with E-state index in [4.69, 9.17) is 4.74 Å². The highest BCUT2D eigenvalue weighted by atomic mass is 16.5. The summed E-state index contributed by atoms with van der Waals surface area (Å²) in [5.74, 6) is -0.396. The van der Waals surface area contributed by atoms with Crippen molar-refractivity contribution in [3.8, 4) is 0 Å². The van der Waals surface area contributed by atoms with Gasteiger partial charge in [0, 0.05) is 37.4 Å². The predicted molar refractivity (Wildman–Crippen MR) is 102 cm³/mol. The number of anilines is 2. The fourth-order valence-electron chi connectivity index (χ4n) is 3.22. The fourth-order valence-corrected chi connectivity index (χ4v) is 3.22. The van der Waals surface area contributed by atoms with Crippen LogP contribution in [0.25, 0.3) is 0 Å². The lowest BCUT2D eigenvalue weighted by molar-refractivity contribution is -0.130. The second-order valence-electron chi connectivity index (χ2n) is 7.31. The van der Waals surface area contributed by atoms with Gasteiger partial charge in [0.1, 0.15) is 5.54 Å². The topological polar surface area (TPSA) is 91.0 Å². The van der Waals surface area contributed by atoms with Crippen molar-refractivity contribution in [1.82, 2.24) is 10.2 Å². The molecule has 0 spiro atoms. The molecule has 1 aromatic carbocycles. The number of amides is 4. The summed E-state index contributed by atoms with van der Waals surface area (Å²) >= 11 is 0. The molecule has 27 heavy (non-hydrogen) atoms. The van der Waals surface area contributed by atoms with Gasteiger partial charge in [-0.1, -0.05) is 0 Å². The Morgan fingerprint density at radius 2 is 1.85 bits per heavy atom. The van der Waals surface area contributed by atoms with Gasteiger partial charge in [-0.2, -0.15) is 0 Å². The molecule has 2 N–H and O–H groups in total. The van der Waals surface area contributed by atoms with E-state index in [2.05, 4.69) is 15.5 Å². The van der Waals surface area contributed by atoms with Crippen molar-refractivity contribution in [2.24, 2.45) is 0 Å². The molecule has 146 valence electrons. The average Bonchev–Trinajstić information content (AvgIpc) is 2.84. The molecule has 2 aliphatic heterocycles. The van der Waals surface area contributed by atoms with Gasteiger partial charge < -0.3 is 20.3 Å². The molecule has 2 saturated heterocycles. The van der Waals surface area contributed by atoms with Crippen LogP contribution in [0.4, 0.5) is 16.2 Å². The number of hydrogen-bond acceptors (Lipinski definition) is 5. The normalized spacial score (nSPS) is 19.2. The van der Waals surface area contributed by atoms with E-state index in [0.717, 1.165) is 37.7 Å². The van der Waals surface area contributed by atoms with E-state index < -0.39 is 11.6 Å². The molecule has 4 amide bonds. The summed E-state index contributed by atoms with van der Waals surface area (Å²) in [4.78, 5) is 39.4. The molecule has 2 heterocycles. The quantitative estimate of drug-likeness (QED) is 0.738. The van der Waals surface area contributed by atoms with Crippen LogP contribution in [0.15, 0.2) is 24.3 Å². The van der Waals surface area contributed by atoms with Crippen LogP contribution in [-0.2, 0) is 14.3 Å². The van der Waals surface area contributed by atoms with E-state index in [1.165, 1.54) is 4.90 Å². The second kappa shape index (κ2) is 7.96. The summed E-state index contributed by atoms with van der Waals surface area (Å²) in [5, 5.41) is 5.48. The Bertz CT molecular complexity index is 711. The second-order valence-corrected chi connectivity index (χ2v) is 7.31. The smallest absolute Gasteiger partial charge is 0.325 e. The molecule has 0 bridgehead atoms. The van der Waals surface area contributed by atoms with Crippen LogP contribution < -0.4 is 15.5 Å². The number of morpholine rings is 1. The highest BCUT2D eigenvalue weighted by molar-refractivity contribution is 6.06. The molecule has 8 heteroatoms. The van der Waals surface area contributed by atoms with Gasteiger partial charge in [0.2, 0.25) is 5.91 Å². The highest BCUT2D eigenvalue weighted by Gasteiger charge is 2.43. The van der Waals surface area contributed by atoms with Crippen LogP contribution in [0, 0.1) is 0 Å². The number of ether oxygens (including phenoxy) is 1. The summed E-state index contributed by atoms with van der Waals surface area (Å²) < 4.78 is 5.35. The molecular weight excluding hydrogens is 348 g/mol. The molecule has 0 radical (unpaired) electrons. The van der Waals surface area contributed by atoms with Gasteiger partial charge in [0.05, 0.1) is 13.2 Å². The number of benzene rings is 1. The molecule has 0 atom stereocenters. The lowest BCUT2D eigenvalue weighted by Crippen LogP contribution is -2.40. The van der Waals surface area contributed by atoms with Gasteiger partial charge in [-0.3, -0.25) is 14.5 Å². The molecule has 2 fully saturated rings. The predicted octanol–water partition coefficient (Wildman–Crippen LogP) is 1.57. The number of carbonyl (C=O) groups excluding carboxylic acids is 3. The SMILES string of the molecule is CC1(C)NC(=O)N(CCCC(=O)Nc2ccc(N3CCOCC3)cc2)C1=O. The number of rotatable bonds is 6. The monoisotopic (exact) mass is 374 g/mol. The third kappa shape index (κ3) is 4.57. The highest BCUT2D eigenvalue weighted by Crippen LogP contribution is 2.20. The van der Waals surface area contributed by atoms with Crippen molar-refractivity contribution in [2.45, 2.75) is 32.2 Å². The summed E-state index contributed by atoms with van der Waals surface area (Å²) in [6.07, 6.45) is 0.662. The van der Waals surface area contributed by atoms with Gasteiger partial charge in [0.25, 0.3) is 5.91 Å². The first-order valence-electron chi connectivity index (χ1n) is 9.23. The van der Waals surface area contributed by atoms with Gasteiger partial charge in [-0.25, -0.2) is 4.79 Å². The van der Waals surface area contributed by atoms with Crippen molar-refractivity contribution in [3.63, 3.8) is 0 Å². The van der Waals surface area contributed by atoms with Crippen LogP contribution in [0.5, 0.6) is 0 Å². The van der Waals surface area contributed by atoms with E-state index in [1.54, 1.807) is 13.8 Å². The van der Waals surface area contributed by atoms with Gasteiger partial charge in [0.15, 0.2) is 0 Å². The summed E-state index contributed by atoms with van der Waals surface area (Å²) in [6, 6.07) is 7.32. The van der Waals surface area contributed by atoms with Crippen molar-refractivity contribution in [2.75, 3.05) is 43.1 Å². The third-order valence-corrected chi connectivity index (χ3v) is 4.76. The average molecular weight is 374 g/mol. The van der Waals surface area contributed by atoms with Crippen molar-refractivity contribution >= 4 is 29.2 Å². The molecule has 3 rings (SSSR count). The standard InChI is InChI=1S/C19H26N4O4/c1-19(2)17(25)23(18(26)21-19)9-3-4-16(24)20-14-5-7-15(8-6-14)22-10-12-27-13-11-22/h5-8H,3-4,9-13H2,1-2H3,(H,20,24)(H,21,26). The number of hydrogen-bond donors (Lipinski definition) is 2. The first kappa shape index (κ1) is 19.2. The number of urea groups is 1. The van der Waals surface area contributed by atoms with Crippen LogP contribution in [0.1, 0.15) is 26.7 Å². The van der Waals surface area contributed by atoms with Crippen LogP contribution >= 0.6 is 0 Å². The minimum absolute atomic E-state index is 0.138. The fraction of sp³-hybridized carbons (Fsp3) is 0.526. The third-order valence-electron chi connectivity index (χ3n) is 4.76. The number of nitrogens with zero attached hydrogens (tertiary/aromatic N) is 2. The maximum Gasteiger partial charge on any atom is 0.325 e. The Labute approximate surface area is 158 Å². The van der Waals surface area contributed by atoms with Crippen LogP contribution in [0.2, 0.25) is 0 Å². The zero-order valence-corrected chi connectivity index (χ0v) is 15.8. The van der Waals surface area contributed by atoms with E-state index in [-0.39, 0.29) is 24.8 Å². The maximum atomic E-state index is 12.1. The van der Waals surface area contributed by atoms with E-state index in [1.807, 2.05) is 24.3 Å². The Balaban J connectivity index is 1.44. The molecule has 8 nitrogen and oxygen atoms in total. The molecular formula is C19H26N4O4. The summed E-state index contributed by atoms with van der Waals surface area (Å²) in [5.41, 5.74) is 0.965. The number of nitrogens with one attached hydrogen (secondary N) is 2. The molecule has 0 saturated carbocycles. The lowest BCUT2D eigenvalue weighted by atomic mass is 10.1.